The van der Waals surface area contributed by atoms with Crippen molar-refractivity contribution < 1.29 is 23.9 Å². The monoisotopic (exact) mass is 396 g/mol. The number of carbonyl (C=O) groups is 3. The SMILES string of the molecule is CCN(CC(=O)Nc1cccc(OC)c1)C(=O)/C=C/c1ccc(C(=O)OC)cc1. The molecule has 0 bridgehead atoms. The number of anilines is 1. The van der Waals surface area contributed by atoms with Gasteiger partial charge in [-0.2, -0.15) is 0 Å². The fourth-order valence-corrected chi connectivity index (χ4v) is 2.54. The minimum atomic E-state index is -0.421. The van der Waals surface area contributed by atoms with Crippen molar-refractivity contribution in [2.75, 3.05) is 32.6 Å². The van der Waals surface area contributed by atoms with Crippen molar-refractivity contribution in [3.05, 3.63) is 65.7 Å². The van der Waals surface area contributed by atoms with Crippen LogP contribution in [0.4, 0.5) is 5.69 Å². The molecule has 0 aliphatic rings. The van der Waals surface area contributed by atoms with E-state index in [-0.39, 0.29) is 18.4 Å². The van der Waals surface area contributed by atoms with Crippen LogP contribution in [-0.2, 0) is 14.3 Å². The normalized spacial score (nSPS) is 10.4. The summed E-state index contributed by atoms with van der Waals surface area (Å²) in [7, 11) is 2.87. The zero-order valence-electron chi connectivity index (χ0n) is 16.7. The zero-order valence-corrected chi connectivity index (χ0v) is 16.7. The summed E-state index contributed by atoms with van der Waals surface area (Å²) in [6, 6.07) is 13.7. The van der Waals surface area contributed by atoms with Crippen LogP contribution in [0.15, 0.2) is 54.6 Å². The smallest absolute Gasteiger partial charge is 0.337 e. The third-order valence-electron chi connectivity index (χ3n) is 4.13. The number of nitrogens with one attached hydrogen (secondary N) is 1. The Balaban J connectivity index is 1.96. The summed E-state index contributed by atoms with van der Waals surface area (Å²) < 4.78 is 9.78. The van der Waals surface area contributed by atoms with E-state index in [1.807, 2.05) is 0 Å². The molecular formula is C22H24N2O5. The number of nitrogens with zero attached hydrogens (tertiary/aromatic N) is 1. The molecule has 2 rings (SSSR count). The van der Waals surface area contributed by atoms with E-state index in [2.05, 4.69) is 10.1 Å². The zero-order chi connectivity index (χ0) is 21.2. The number of benzene rings is 2. The van der Waals surface area contributed by atoms with Crippen molar-refractivity contribution in [3.8, 4) is 5.75 Å². The number of ether oxygens (including phenoxy) is 2. The van der Waals surface area contributed by atoms with Crippen LogP contribution in [0.25, 0.3) is 6.08 Å². The van der Waals surface area contributed by atoms with E-state index < -0.39 is 5.97 Å². The van der Waals surface area contributed by atoms with E-state index in [1.165, 1.54) is 18.1 Å². The second-order valence-electron chi connectivity index (χ2n) is 6.08. The molecule has 0 radical (unpaired) electrons. The number of esters is 1. The average molecular weight is 396 g/mol. The maximum Gasteiger partial charge on any atom is 0.337 e. The van der Waals surface area contributed by atoms with Gasteiger partial charge in [0.05, 0.1) is 19.8 Å². The number of carbonyl (C=O) groups excluding carboxylic acids is 3. The molecule has 7 heteroatoms. The van der Waals surface area contributed by atoms with Crippen molar-refractivity contribution in [1.29, 1.82) is 0 Å². The molecule has 0 spiro atoms. The number of likely N-dealkylation sites (N-methyl/N-ethyl adjacent to an activating group) is 1. The largest absolute Gasteiger partial charge is 0.497 e. The Kier molecular flexibility index (Phi) is 7.97. The van der Waals surface area contributed by atoms with Crippen LogP contribution in [0.2, 0.25) is 0 Å². The van der Waals surface area contributed by atoms with Crippen molar-refractivity contribution in [3.63, 3.8) is 0 Å². The predicted molar refractivity (Wildman–Crippen MR) is 111 cm³/mol. The molecule has 7 nitrogen and oxygen atoms in total. The highest BCUT2D eigenvalue weighted by Crippen LogP contribution is 2.16. The molecule has 0 unspecified atom stereocenters. The van der Waals surface area contributed by atoms with E-state index in [9.17, 15) is 14.4 Å². The summed E-state index contributed by atoms with van der Waals surface area (Å²) in [6.07, 6.45) is 3.03. The molecule has 0 aliphatic heterocycles. The van der Waals surface area contributed by atoms with Gasteiger partial charge in [0, 0.05) is 24.4 Å². The van der Waals surface area contributed by atoms with Gasteiger partial charge in [-0.15, -0.1) is 0 Å². The lowest BCUT2D eigenvalue weighted by molar-refractivity contribution is -0.130. The highest BCUT2D eigenvalue weighted by molar-refractivity contribution is 5.98. The molecule has 0 fully saturated rings. The topological polar surface area (TPSA) is 84.9 Å². The minimum absolute atomic E-state index is 0.0713. The molecule has 2 amide bonds. The van der Waals surface area contributed by atoms with Gasteiger partial charge in [0.2, 0.25) is 11.8 Å². The highest BCUT2D eigenvalue weighted by atomic mass is 16.5. The number of rotatable bonds is 8. The third kappa shape index (κ3) is 6.49. The Labute approximate surface area is 169 Å². The standard InChI is InChI=1S/C22H24N2O5/c1-4-24(15-20(25)23-18-6-5-7-19(14-18)28-2)21(26)13-10-16-8-11-17(12-9-16)22(27)29-3/h5-14H,4,15H2,1-3H3,(H,23,25)/b13-10+. The molecule has 0 atom stereocenters. The highest BCUT2D eigenvalue weighted by Gasteiger charge is 2.13. The summed E-state index contributed by atoms with van der Waals surface area (Å²) in [5.41, 5.74) is 1.78. The summed E-state index contributed by atoms with van der Waals surface area (Å²) in [5.74, 6) is -0.377. The first-order valence-electron chi connectivity index (χ1n) is 9.06. The van der Waals surface area contributed by atoms with Crippen molar-refractivity contribution in [2.24, 2.45) is 0 Å². The van der Waals surface area contributed by atoms with Crippen LogP contribution >= 0.6 is 0 Å². The molecule has 2 aromatic rings. The fourth-order valence-electron chi connectivity index (χ4n) is 2.54. The van der Waals surface area contributed by atoms with Crippen LogP contribution in [-0.4, -0.2) is 50.0 Å². The first-order chi connectivity index (χ1) is 14.0. The van der Waals surface area contributed by atoms with Gasteiger partial charge in [0.15, 0.2) is 0 Å². The van der Waals surface area contributed by atoms with E-state index in [0.717, 1.165) is 5.56 Å². The average Bonchev–Trinajstić information content (AvgIpc) is 2.75. The molecule has 0 aromatic heterocycles. The Hall–Kier alpha value is -3.61. The Morgan fingerprint density at radius 1 is 1.07 bits per heavy atom. The van der Waals surface area contributed by atoms with Gasteiger partial charge in [-0.3, -0.25) is 9.59 Å². The number of amides is 2. The molecule has 0 heterocycles. The summed E-state index contributed by atoms with van der Waals surface area (Å²) in [5, 5.41) is 2.75. The Bertz CT molecular complexity index is 890. The molecule has 0 saturated carbocycles. The number of hydrogen-bond acceptors (Lipinski definition) is 5. The maximum absolute atomic E-state index is 12.4. The van der Waals surface area contributed by atoms with Crippen LogP contribution in [0.3, 0.4) is 0 Å². The van der Waals surface area contributed by atoms with Crippen LogP contribution in [0, 0.1) is 0 Å². The first-order valence-corrected chi connectivity index (χ1v) is 9.06. The van der Waals surface area contributed by atoms with Crippen molar-refractivity contribution in [1.82, 2.24) is 4.90 Å². The van der Waals surface area contributed by atoms with Gasteiger partial charge >= 0.3 is 5.97 Å². The van der Waals surface area contributed by atoms with E-state index >= 15 is 0 Å². The summed E-state index contributed by atoms with van der Waals surface area (Å²) in [6.45, 7) is 2.11. The maximum atomic E-state index is 12.4. The molecule has 0 aliphatic carbocycles. The molecule has 29 heavy (non-hydrogen) atoms. The van der Waals surface area contributed by atoms with Crippen LogP contribution in [0.5, 0.6) is 5.75 Å². The van der Waals surface area contributed by atoms with Gasteiger partial charge in [-0.05, 0) is 42.8 Å². The predicted octanol–water partition coefficient (Wildman–Crippen LogP) is 2.98. The lowest BCUT2D eigenvalue weighted by Crippen LogP contribution is -2.36. The van der Waals surface area contributed by atoms with Crippen molar-refractivity contribution >= 4 is 29.5 Å². The first kappa shape index (κ1) is 21.7. The second kappa shape index (κ2) is 10.7. The van der Waals surface area contributed by atoms with Crippen LogP contribution < -0.4 is 10.1 Å². The lowest BCUT2D eigenvalue weighted by atomic mass is 10.1. The van der Waals surface area contributed by atoms with Crippen LogP contribution in [0.1, 0.15) is 22.8 Å². The molecule has 152 valence electrons. The third-order valence-corrected chi connectivity index (χ3v) is 4.13. The van der Waals surface area contributed by atoms with Crippen molar-refractivity contribution in [2.45, 2.75) is 6.92 Å². The number of hydrogen-bond donors (Lipinski definition) is 1. The molecular weight excluding hydrogens is 372 g/mol. The van der Waals surface area contributed by atoms with Gasteiger partial charge in [-0.25, -0.2) is 4.79 Å². The Morgan fingerprint density at radius 3 is 2.41 bits per heavy atom. The minimum Gasteiger partial charge on any atom is -0.497 e. The van der Waals surface area contributed by atoms with E-state index in [1.54, 1.807) is 68.6 Å². The van der Waals surface area contributed by atoms with Gasteiger partial charge in [-0.1, -0.05) is 18.2 Å². The van der Waals surface area contributed by atoms with Gasteiger partial charge < -0.3 is 19.7 Å². The summed E-state index contributed by atoms with van der Waals surface area (Å²) in [4.78, 5) is 37.6. The van der Waals surface area contributed by atoms with Gasteiger partial charge in [0.1, 0.15) is 12.3 Å². The number of methoxy groups -OCH3 is 2. The quantitative estimate of drug-likeness (QED) is 0.548. The molecule has 0 saturated heterocycles. The van der Waals surface area contributed by atoms with E-state index in [0.29, 0.717) is 23.5 Å². The fraction of sp³-hybridized carbons (Fsp3) is 0.227. The lowest BCUT2D eigenvalue weighted by Gasteiger charge is -2.18. The Morgan fingerprint density at radius 2 is 1.79 bits per heavy atom. The van der Waals surface area contributed by atoms with Gasteiger partial charge in [0.25, 0.3) is 0 Å². The second-order valence-corrected chi connectivity index (χ2v) is 6.08. The molecule has 1 N–H and O–H groups in total. The summed E-state index contributed by atoms with van der Waals surface area (Å²) >= 11 is 0. The van der Waals surface area contributed by atoms with E-state index in [4.69, 9.17) is 4.74 Å². The molecule has 2 aromatic carbocycles.